The summed E-state index contributed by atoms with van der Waals surface area (Å²) in [7, 11) is 1.61. The number of hydrogen-bond acceptors (Lipinski definition) is 4. The molecule has 1 aliphatic rings. The minimum atomic E-state index is 0.134. The van der Waals surface area contributed by atoms with E-state index in [9.17, 15) is 0 Å². The molecule has 1 aromatic rings. The number of ether oxygens (including phenoxy) is 3. The highest BCUT2D eigenvalue weighted by atomic mass is 35.5. The maximum atomic E-state index is 6.28. The van der Waals surface area contributed by atoms with E-state index in [1.54, 1.807) is 7.11 Å². The molecule has 112 valence electrons. The van der Waals surface area contributed by atoms with Crippen LogP contribution in [-0.2, 0) is 11.2 Å². The average molecular weight is 300 g/mol. The molecule has 2 atom stereocenters. The zero-order valence-corrected chi connectivity index (χ0v) is 12.8. The van der Waals surface area contributed by atoms with Gasteiger partial charge in [0.25, 0.3) is 0 Å². The van der Waals surface area contributed by atoms with Gasteiger partial charge in [-0.15, -0.1) is 0 Å². The van der Waals surface area contributed by atoms with Crippen molar-refractivity contribution in [1.82, 2.24) is 0 Å². The van der Waals surface area contributed by atoms with E-state index in [1.165, 1.54) is 0 Å². The molecule has 1 aliphatic heterocycles. The topological polar surface area (TPSA) is 53.7 Å². The first-order valence-corrected chi connectivity index (χ1v) is 7.36. The van der Waals surface area contributed by atoms with Gasteiger partial charge in [-0.3, -0.25) is 0 Å². The maximum Gasteiger partial charge on any atom is 0.179 e. The number of rotatable bonds is 6. The van der Waals surface area contributed by atoms with E-state index in [-0.39, 0.29) is 6.10 Å². The molecule has 1 saturated heterocycles. The van der Waals surface area contributed by atoms with Crippen molar-refractivity contribution in [1.29, 1.82) is 0 Å². The molecule has 4 nitrogen and oxygen atoms in total. The maximum absolute atomic E-state index is 6.28. The Hall–Kier alpha value is -0.970. The highest BCUT2D eigenvalue weighted by Gasteiger charge is 2.23. The molecule has 0 amide bonds. The van der Waals surface area contributed by atoms with Crippen LogP contribution >= 0.6 is 11.6 Å². The minimum Gasteiger partial charge on any atom is -0.493 e. The second kappa shape index (κ2) is 7.16. The molecule has 0 spiro atoms. The van der Waals surface area contributed by atoms with E-state index in [4.69, 9.17) is 31.5 Å². The second-order valence-corrected chi connectivity index (χ2v) is 5.51. The SMILES string of the molecule is COc1cc(CCN)cc(Cl)c1OCC1CCC(C)O1. The van der Waals surface area contributed by atoms with Crippen LogP contribution in [0.2, 0.25) is 5.02 Å². The fraction of sp³-hybridized carbons (Fsp3) is 0.600. The van der Waals surface area contributed by atoms with Crippen molar-refractivity contribution in [3.8, 4) is 11.5 Å². The molecular weight excluding hydrogens is 278 g/mol. The third kappa shape index (κ3) is 3.78. The quantitative estimate of drug-likeness (QED) is 0.877. The summed E-state index contributed by atoms with van der Waals surface area (Å²) in [6.07, 6.45) is 3.31. The van der Waals surface area contributed by atoms with Gasteiger partial charge in [-0.2, -0.15) is 0 Å². The van der Waals surface area contributed by atoms with E-state index in [0.29, 0.717) is 35.8 Å². The molecule has 20 heavy (non-hydrogen) atoms. The lowest BCUT2D eigenvalue weighted by Gasteiger charge is -2.17. The zero-order chi connectivity index (χ0) is 14.5. The summed E-state index contributed by atoms with van der Waals surface area (Å²) >= 11 is 6.28. The van der Waals surface area contributed by atoms with Crippen molar-refractivity contribution < 1.29 is 14.2 Å². The largest absolute Gasteiger partial charge is 0.493 e. The Labute approximate surface area is 125 Å². The predicted molar refractivity (Wildman–Crippen MR) is 79.8 cm³/mol. The average Bonchev–Trinajstić information content (AvgIpc) is 2.83. The minimum absolute atomic E-state index is 0.134. The molecule has 0 bridgehead atoms. The summed E-state index contributed by atoms with van der Waals surface area (Å²) in [4.78, 5) is 0. The van der Waals surface area contributed by atoms with E-state index < -0.39 is 0 Å². The third-order valence-electron chi connectivity index (χ3n) is 3.46. The lowest BCUT2D eigenvalue weighted by molar-refractivity contribution is 0.0259. The molecule has 0 aromatic heterocycles. The van der Waals surface area contributed by atoms with Crippen LogP contribution in [0.15, 0.2) is 12.1 Å². The third-order valence-corrected chi connectivity index (χ3v) is 3.74. The van der Waals surface area contributed by atoms with Crippen LogP contribution in [0.5, 0.6) is 11.5 Å². The van der Waals surface area contributed by atoms with Crippen molar-refractivity contribution in [3.05, 3.63) is 22.7 Å². The fourth-order valence-electron chi connectivity index (χ4n) is 2.41. The van der Waals surface area contributed by atoms with Gasteiger partial charge < -0.3 is 19.9 Å². The van der Waals surface area contributed by atoms with Crippen molar-refractivity contribution in [2.24, 2.45) is 5.73 Å². The molecule has 2 unspecified atom stereocenters. The number of nitrogens with two attached hydrogens (primary N) is 1. The van der Waals surface area contributed by atoms with Gasteiger partial charge in [-0.05, 0) is 50.4 Å². The van der Waals surface area contributed by atoms with Gasteiger partial charge in [0.15, 0.2) is 11.5 Å². The Kier molecular flexibility index (Phi) is 5.52. The molecule has 0 aliphatic carbocycles. The molecular formula is C15H22ClNO3. The molecule has 2 rings (SSSR count). The van der Waals surface area contributed by atoms with Gasteiger partial charge in [0.1, 0.15) is 6.61 Å². The van der Waals surface area contributed by atoms with Crippen molar-refractivity contribution in [2.45, 2.75) is 38.4 Å². The Morgan fingerprint density at radius 2 is 2.20 bits per heavy atom. The van der Waals surface area contributed by atoms with Crippen LogP contribution in [0.3, 0.4) is 0 Å². The van der Waals surface area contributed by atoms with E-state index in [1.807, 2.05) is 12.1 Å². The standard InChI is InChI=1S/C15H22ClNO3/c1-10-3-4-12(20-10)9-19-15-13(16)7-11(5-6-17)8-14(15)18-2/h7-8,10,12H,3-6,9,17H2,1-2H3. The molecule has 2 N–H and O–H groups in total. The molecule has 0 radical (unpaired) electrons. The Morgan fingerprint density at radius 3 is 2.80 bits per heavy atom. The van der Waals surface area contributed by atoms with E-state index >= 15 is 0 Å². The van der Waals surface area contributed by atoms with Crippen LogP contribution in [0.25, 0.3) is 0 Å². The Morgan fingerprint density at radius 1 is 1.40 bits per heavy atom. The van der Waals surface area contributed by atoms with Crippen molar-refractivity contribution in [2.75, 3.05) is 20.3 Å². The van der Waals surface area contributed by atoms with Crippen molar-refractivity contribution in [3.63, 3.8) is 0 Å². The van der Waals surface area contributed by atoms with Gasteiger partial charge in [0, 0.05) is 0 Å². The molecule has 1 aromatic carbocycles. The molecule has 0 saturated carbocycles. The lowest BCUT2D eigenvalue weighted by Crippen LogP contribution is -2.18. The highest BCUT2D eigenvalue weighted by molar-refractivity contribution is 6.32. The predicted octanol–water partition coefficient (Wildman–Crippen LogP) is 2.80. The zero-order valence-electron chi connectivity index (χ0n) is 12.0. The first-order chi connectivity index (χ1) is 9.63. The Bertz CT molecular complexity index is 453. The van der Waals surface area contributed by atoms with Gasteiger partial charge in [-0.1, -0.05) is 11.6 Å². The van der Waals surface area contributed by atoms with Crippen LogP contribution in [0, 0.1) is 0 Å². The first kappa shape index (κ1) is 15.4. The van der Waals surface area contributed by atoms with Crippen LogP contribution in [-0.4, -0.2) is 32.5 Å². The van der Waals surface area contributed by atoms with Crippen molar-refractivity contribution >= 4 is 11.6 Å². The van der Waals surface area contributed by atoms with Gasteiger partial charge >= 0.3 is 0 Å². The molecule has 1 heterocycles. The van der Waals surface area contributed by atoms with Gasteiger partial charge in [-0.25, -0.2) is 0 Å². The molecule has 1 fully saturated rings. The fourth-order valence-corrected chi connectivity index (χ4v) is 2.70. The summed E-state index contributed by atoms with van der Waals surface area (Å²) in [5.74, 6) is 1.23. The van der Waals surface area contributed by atoms with Gasteiger partial charge in [0.05, 0.1) is 24.3 Å². The number of hydrogen-bond donors (Lipinski definition) is 1. The number of benzene rings is 1. The summed E-state index contributed by atoms with van der Waals surface area (Å²) in [6, 6.07) is 3.80. The van der Waals surface area contributed by atoms with Gasteiger partial charge in [0.2, 0.25) is 0 Å². The normalized spacial score (nSPS) is 22.0. The first-order valence-electron chi connectivity index (χ1n) is 6.98. The Balaban J connectivity index is 2.06. The lowest BCUT2D eigenvalue weighted by atomic mass is 10.1. The molecule has 5 heteroatoms. The smallest absolute Gasteiger partial charge is 0.179 e. The van der Waals surface area contributed by atoms with Crippen LogP contribution in [0.4, 0.5) is 0 Å². The van der Waals surface area contributed by atoms with Crippen LogP contribution in [0.1, 0.15) is 25.3 Å². The van der Waals surface area contributed by atoms with Crippen LogP contribution < -0.4 is 15.2 Å². The summed E-state index contributed by atoms with van der Waals surface area (Å²) in [5, 5.41) is 0.554. The summed E-state index contributed by atoms with van der Waals surface area (Å²) in [6.45, 7) is 3.15. The summed E-state index contributed by atoms with van der Waals surface area (Å²) < 4.78 is 16.9. The highest BCUT2D eigenvalue weighted by Crippen LogP contribution is 2.37. The summed E-state index contributed by atoms with van der Waals surface area (Å²) in [5.41, 5.74) is 6.61. The monoisotopic (exact) mass is 299 g/mol. The number of halogens is 1. The van der Waals surface area contributed by atoms with E-state index in [0.717, 1.165) is 24.8 Å². The van der Waals surface area contributed by atoms with E-state index in [2.05, 4.69) is 6.92 Å². The number of methoxy groups -OCH3 is 1. The second-order valence-electron chi connectivity index (χ2n) is 5.10.